The Morgan fingerprint density at radius 1 is 1.42 bits per heavy atom. The van der Waals surface area contributed by atoms with Crippen LogP contribution in [-0.2, 0) is 11.3 Å². The van der Waals surface area contributed by atoms with Crippen molar-refractivity contribution >= 4 is 5.82 Å². The maximum Gasteiger partial charge on any atom is 0.132 e. The molecule has 5 nitrogen and oxygen atoms in total. The van der Waals surface area contributed by atoms with Crippen molar-refractivity contribution < 1.29 is 9.15 Å². The van der Waals surface area contributed by atoms with Gasteiger partial charge in [0.15, 0.2) is 0 Å². The first kappa shape index (κ1) is 12.2. The summed E-state index contributed by atoms with van der Waals surface area (Å²) in [7, 11) is 2.02. The summed E-state index contributed by atoms with van der Waals surface area (Å²) in [5.41, 5.74) is 2.20. The van der Waals surface area contributed by atoms with Gasteiger partial charge < -0.3 is 14.1 Å². The molecule has 0 unspecified atom stereocenters. The van der Waals surface area contributed by atoms with Crippen LogP contribution < -0.4 is 4.90 Å². The minimum absolute atomic E-state index is 0.407. The van der Waals surface area contributed by atoms with Gasteiger partial charge >= 0.3 is 0 Å². The molecule has 0 aliphatic carbocycles. The number of ether oxygens (including phenoxy) is 1. The van der Waals surface area contributed by atoms with Crippen molar-refractivity contribution in [2.45, 2.75) is 18.9 Å². The summed E-state index contributed by atoms with van der Waals surface area (Å²) in [6, 6.07) is 4.02. The van der Waals surface area contributed by atoms with Gasteiger partial charge in [-0.25, -0.2) is 9.97 Å². The summed E-state index contributed by atoms with van der Waals surface area (Å²) >= 11 is 0. The fourth-order valence-corrected chi connectivity index (χ4v) is 2.30. The van der Waals surface area contributed by atoms with E-state index < -0.39 is 0 Å². The molecule has 0 bridgehead atoms. The van der Waals surface area contributed by atoms with E-state index in [1.807, 2.05) is 13.1 Å². The Bertz CT molecular complexity index is 521. The SMILES string of the molecule is CN(Cc1ccoc1)c1cc([C@@H]2CCOC2)ncn1. The van der Waals surface area contributed by atoms with Gasteiger partial charge in [-0.3, -0.25) is 0 Å². The van der Waals surface area contributed by atoms with Crippen LogP contribution in [0.1, 0.15) is 23.6 Å². The van der Waals surface area contributed by atoms with E-state index in [2.05, 4.69) is 20.9 Å². The average Bonchev–Trinajstić information content (AvgIpc) is 3.12. The highest BCUT2D eigenvalue weighted by Gasteiger charge is 2.20. The minimum Gasteiger partial charge on any atom is -0.472 e. The van der Waals surface area contributed by atoms with E-state index in [-0.39, 0.29) is 0 Å². The van der Waals surface area contributed by atoms with Gasteiger partial charge in [0.2, 0.25) is 0 Å². The van der Waals surface area contributed by atoms with E-state index in [1.165, 1.54) is 0 Å². The molecular formula is C14H17N3O2. The number of hydrogen-bond acceptors (Lipinski definition) is 5. The van der Waals surface area contributed by atoms with Crippen LogP contribution in [-0.4, -0.2) is 30.2 Å². The molecule has 100 valence electrons. The largest absolute Gasteiger partial charge is 0.472 e. The molecule has 2 aromatic heterocycles. The van der Waals surface area contributed by atoms with E-state index in [0.29, 0.717) is 5.92 Å². The molecule has 1 atom stereocenters. The fraction of sp³-hybridized carbons (Fsp3) is 0.429. The summed E-state index contributed by atoms with van der Waals surface area (Å²) in [4.78, 5) is 10.8. The third-order valence-electron chi connectivity index (χ3n) is 3.41. The van der Waals surface area contributed by atoms with Crippen LogP contribution >= 0.6 is 0 Å². The Labute approximate surface area is 112 Å². The summed E-state index contributed by atoms with van der Waals surface area (Å²) in [6.45, 7) is 2.37. The molecule has 0 N–H and O–H groups in total. The summed E-state index contributed by atoms with van der Waals surface area (Å²) in [5, 5.41) is 0. The van der Waals surface area contributed by atoms with Crippen molar-refractivity contribution in [1.82, 2.24) is 9.97 Å². The predicted molar refractivity (Wildman–Crippen MR) is 71.0 cm³/mol. The first-order chi connectivity index (χ1) is 9.33. The maximum atomic E-state index is 5.41. The molecule has 19 heavy (non-hydrogen) atoms. The number of hydrogen-bond donors (Lipinski definition) is 0. The fourth-order valence-electron chi connectivity index (χ4n) is 2.30. The van der Waals surface area contributed by atoms with Crippen molar-refractivity contribution in [2.75, 3.05) is 25.2 Å². The molecule has 0 radical (unpaired) electrons. The Balaban J connectivity index is 1.74. The zero-order chi connectivity index (χ0) is 13.1. The topological polar surface area (TPSA) is 51.4 Å². The molecule has 0 spiro atoms. The van der Waals surface area contributed by atoms with Crippen molar-refractivity contribution in [2.24, 2.45) is 0 Å². The molecule has 5 heteroatoms. The Morgan fingerprint density at radius 2 is 2.37 bits per heavy atom. The molecule has 1 aliphatic rings. The van der Waals surface area contributed by atoms with Gasteiger partial charge in [0.25, 0.3) is 0 Å². The van der Waals surface area contributed by atoms with Crippen molar-refractivity contribution in [3.05, 3.63) is 42.2 Å². The standard InChI is InChI=1S/C14H17N3O2/c1-17(7-11-2-4-18-8-11)14-6-13(15-10-16-14)12-3-5-19-9-12/h2,4,6,8,10,12H,3,5,7,9H2,1H3/t12-/m1/s1. The Morgan fingerprint density at radius 3 is 3.11 bits per heavy atom. The molecule has 0 aromatic carbocycles. The number of nitrogens with zero attached hydrogens (tertiary/aromatic N) is 3. The Hall–Kier alpha value is -1.88. The molecule has 2 aromatic rings. The second-order valence-corrected chi connectivity index (χ2v) is 4.85. The van der Waals surface area contributed by atoms with Crippen molar-refractivity contribution in [3.63, 3.8) is 0 Å². The first-order valence-corrected chi connectivity index (χ1v) is 6.45. The molecular weight excluding hydrogens is 242 g/mol. The number of rotatable bonds is 4. The van der Waals surface area contributed by atoms with E-state index >= 15 is 0 Å². The molecule has 1 fully saturated rings. The van der Waals surface area contributed by atoms with Gasteiger partial charge in [-0.1, -0.05) is 0 Å². The van der Waals surface area contributed by atoms with E-state index in [1.54, 1.807) is 18.9 Å². The minimum atomic E-state index is 0.407. The molecule has 3 heterocycles. The number of aromatic nitrogens is 2. The van der Waals surface area contributed by atoms with Crippen molar-refractivity contribution in [1.29, 1.82) is 0 Å². The molecule has 1 aliphatic heterocycles. The zero-order valence-corrected chi connectivity index (χ0v) is 11.0. The van der Waals surface area contributed by atoms with Gasteiger partial charge in [0.05, 0.1) is 24.8 Å². The molecule has 0 amide bonds. The highest BCUT2D eigenvalue weighted by Crippen LogP contribution is 2.25. The lowest BCUT2D eigenvalue weighted by Gasteiger charge is -2.18. The van der Waals surface area contributed by atoms with Crippen LogP contribution in [0.3, 0.4) is 0 Å². The first-order valence-electron chi connectivity index (χ1n) is 6.45. The smallest absolute Gasteiger partial charge is 0.132 e. The van der Waals surface area contributed by atoms with Crippen LogP contribution in [0.25, 0.3) is 0 Å². The highest BCUT2D eigenvalue weighted by atomic mass is 16.5. The molecule has 3 rings (SSSR count). The van der Waals surface area contributed by atoms with Gasteiger partial charge in [0, 0.05) is 37.7 Å². The van der Waals surface area contributed by atoms with Gasteiger partial charge in [0.1, 0.15) is 12.1 Å². The average molecular weight is 259 g/mol. The lowest BCUT2D eigenvalue weighted by molar-refractivity contribution is 0.193. The van der Waals surface area contributed by atoms with Gasteiger partial charge in [-0.2, -0.15) is 0 Å². The predicted octanol–water partition coefficient (Wildman–Crippen LogP) is 2.21. The third kappa shape index (κ3) is 2.76. The normalized spacial score (nSPS) is 18.7. The van der Waals surface area contributed by atoms with Crippen LogP contribution in [0.4, 0.5) is 5.82 Å². The lowest BCUT2D eigenvalue weighted by Crippen LogP contribution is -2.18. The summed E-state index contributed by atoms with van der Waals surface area (Å²) in [5.74, 6) is 1.34. The maximum absolute atomic E-state index is 5.41. The quantitative estimate of drug-likeness (QED) is 0.842. The number of furan rings is 1. The monoisotopic (exact) mass is 259 g/mol. The lowest BCUT2D eigenvalue weighted by atomic mass is 10.0. The number of anilines is 1. The van der Waals surface area contributed by atoms with Crippen LogP contribution in [0.15, 0.2) is 35.4 Å². The van der Waals surface area contributed by atoms with E-state index in [9.17, 15) is 0 Å². The van der Waals surface area contributed by atoms with Crippen LogP contribution in [0.5, 0.6) is 0 Å². The van der Waals surface area contributed by atoms with E-state index in [4.69, 9.17) is 9.15 Å². The highest BCUT2D eigenvalue weighted by molar-refractivity contribution is 5.39. The zero-order valence-electron chi connectivity index (χ0n) is 11.0. The second kappa shape index (κ2) is 5.40. The molecule has 1 saturated heterocycles. The van der Waals surface area contributed by atoms with Gasteiger partial charge in [-0.15, -0.1) is 0 Å². The molecule has 0 saturated carbocycles. The van der Waals surface area contributed by atoms with Gasteiger partial charge in [-0.05, 0) is 12.5 Å². The Kier molecular flexibility index (Phi) is 3.46. The third-order valence-corrected chi connectivity index (χ3v) is 3.41. The summed E-state index contributed by atoms with van der Waals surface area (Å²) < 4.78 is 10.5. The second-order valence-electron chi connectivity index (χ2n) is 4.85. The summed E-state index contributed by atoms with van der Waals surface area (Å²) in [6.07, 6.45) is 6.12. The van der Waals surface area contributed by atoms with Crippen molar-refractivity contribution in [3.8, 4) is 0 Å². The van der Waals surface area contributed by atoms with E-state index in [0.717, 1.165) is 43.3 Å². The van der Waals surface area contributed by atoms with Crippen LogP contribution in [0, 0.1) is 0 Å². The van der Waals surface area contributed by atoms with Crippen LogP contribution in [0.2, 0.25) is 0 Å².